The van der Waals surface area contributed by atoms with E-state index in [0.29, 0.717) is 23.1 Å². The van der Waals surface area contributed by atoms with Crippen molar-refractivity contribution in [2.24, 2.45) is 0 Å². The van der Waals surface area contributed by atoms with E-state index in [9.17, 15) is 4.79 Å². The molecule has 3 aromatic rings. The summed E-state index contributed by atoms with van der Waals surface area (Å²) >= 11 is 1.39. The van der Waals surface area contributed by atoms with E-state index >= 15 is 0 Å². The number of nitrogens with one attached hydrogen (secondary N) is 2. The predicted molar refractivity (Wildman–Crippen MR) is 92.8 cm³/mol. The van der Waals surface area contributed by atoms with Crippen LogP contribution in [0, 0.1) is 6.92 Å². The molecule has 0 bridgehead atoms. The van der Waals surface area contributed by atoms with Gasteiger partial charge in [-0.15, -0.1) is 21.5 Å². The number of benzene rings is 1. The van der Waals surface area contributed by atoms with Crippen LogP contribution >= 0.6 is 11.3 Å². The highest BCUT2D eigenvalue weighted by atomic mass is 32.1. The molecule has 2 aromatic heterocycles. The molecule has 0 aliphatic heterocycles. The Morgan fingerprint density at radius 3 is 2.43 bits per heavy atom. The normalized spacial score (nSPS) is 10.3. The first kappa shape index (κ1) is 15.2. The van der Waals surface area contributed by atoms with Crippen LogP contribution in [0.15, 0.2) is 53.9 Å². The van der Waals surface area contributed by atoms with Crippen LogP contribution in [0.4, 0.5) is 11.6 Å². The summed E-state index contributed by atoms with van der Waals surface area (Å²) in [7, 11) is 0. The van der Waals surface area contributed by atoms with Crippen LogP contribution in [0.3, 0.4) is 0 Å². The minimum Gasteiger partial charge on any atom is -0.365 e. The maximum Gasteiger partial charge on any atom is 0.266 e. The van der Waals surface area contributed by atoms with Crippen LogP contribution in [0.2, 0.25) is 0 Å². The Morgan fingerprint density at radius 1 is 1.04 bits per heavy atom. The second kappa shape index (κ2) is 7.02. The highest BCUT2D eigenvalue weighted by Crippen LogP contribution is 2.13. The zero-order chi connectivity index (χ0) is 16.1. The monoisotopic (exact) mass is 324 g/mol. The molecule has 1 amide bonds. The van der Waals surface area contributed by atoms with Gasteiger partial charge in [0.1, 0.15) is 5.82 Å². The Labute approximate surface area is 138 Å². The van der Waals surface area contributed by atoms with Crippen molar-refractivity contribution in [3.8, 4) is 0 Å². The fourth-order valence-electron chi connectivity index (χ4n) is 1.98. The minimum absolute atomic E-state index is 0.172. The molecule has 6 heteroatoms. The number of anilines is 2. The zero-order valence-corrected chi connectivity index (χ0v) is 13.4. The van der Waals surface area contributed by atoms with Crippen LogP contribution < -0.4 is 10.6 Å². The van der Waals surface area contributed by atoms with Gasteiger partial charge in [0.25, 0.3) is 5.91 Å². The molecule has 2 heterocycles. The molecule has 1 aromatic carbocycles. The molecular weight excluding hydrogens is 308 g/mol. The van der Waals surface area contributed by atoms with E-state index in [1.165, 1.54) is 22.5 Å². The maximum atomic E-state index is 11.9. The van der Waals surface area contributed by atoms with Crippen molar-refractivity contribution in [3.63, 3.8) is 0 Å². The largest absolute Gasteiger partial charge is 0.365 e. The maximum absolute atomic E-state index is 11.9. The number of carbonyl (C=O) groups is 1. The van der Waals surface area contributed by atoms with Crippen LogP contribution in [-0.4, -0.2) is 16.1 Å². The summed E-state index contributed by atoms with van der Waals surface area (Å²) in [5.74, 6) is 0.929. The summed E-state index contributed by atoms with van der Waals surface area (Å²) in [6, 6.07) is 15.4. The molecule has 3 rings (SSSR count). The number of thiophene rings is 1. The topological polar surface area (TPSA) is 66.9 Å². The smallest absolute Gasteiger partial charge is 0.266 e. The third-order valence-corrected chi connectivity index (χ3v) is 4.11. The first-order chi connectivity index (χ1) is 11.2. The minimum atomic E-state index is -0.172. The summed E-state index contributed by atoms with van der Waals surface area (Å²) in [5, 5.41) is 15.9. The lowest BCUT2D eigenvalue weighted by Gasteiger charge is -2.06. The van der Waals surface area contributed by atoms with E-state index in [-0.39, 0.29) is 5.91 Å². The highest BCUT2D eigenvalue weighted by Gasteiger charge is 2.07. The molecule has 5 nitrogen and oxygen atoms in total. The summed E-state index contributed by atoms with van der Waals surface area (Å²) in [4.78, 5) is 12.6. The van der Waals surface area contributed by atoms with Crippen LogP contribution in [-0.2, 0) is 6.54 Å². The Morgan fingerprint density at radius 2 is 1.78 bits per heavy atom. The van der Waals surface area contributed by atoms with E-state index in [0.717, 1.165) is 0 Å². The lowest BCUT2D eigenvalue weighted by Crippen LogP contribution is -2.12. The number of nitrogens with zero attached hydrogens (tertiary/aromatic N) is 2. The molecule has 0 spiro atoms. The van der Waals surface area contributed by atoms with Crippen molar-refractivity contribution >= 4 is 28.9 Å². The van der Waals surface area contributed by atoms with Gasteiger partial charge in [0.15, 0.2) is 5.82 Å². The molecule has 2 N–H and O–H groups in total. The van der Waals surface area contributed by atoms with Gasteiger partial charge in [-0.1, -0.05) is 35.9 Å². The third kappa shape index (κ3) is 4.14. The lowest BCUT2D eigenvalue weighted by molar-refractivity contribution is 0.103. The third-order valence-electron chi connectivity index (χ3n) is 3.25. The first-order valence-corrected chi connectivity index (χ1v) is 8.07. The van der Waals surface area contributed by atoms with E-state index in [2.05, 4.69) is 52.0 Å². The molecular formula is C17H16N4OS. The van der Waals surface area contributed by atoms with Crippen molar-refractivity contribution in [2.45, 2.75) is 13.5 Å². The van der Waals surface area contributed by atoms with Gasteiger partial charge in [0, 0.05) is 6.54 Å². The quantitative estimate of drug-likeness (QED) is 0.751. The number of hydrogen-bond donors (Lipinski definition) is 2. The Bertz CT molecular complexity index is 767. The van der Waals surface area contributed by atoms with Gasteiger partial charge in [-0.3, -0.25) is 4.79 Å². The average molecular weight is 324 g/mol. The molecule has 0 fully saturated rings. The van der Waals surface area contributed by atoms with Crippen molar-refractivity contribution in [2.75, 3.05) is 10.6 Å². The molecule has 0 saturated carbocycles. The molecule has 0 atom stereocenters. The summed E-state index contributed by atoms with van der Waals surface area (Å²) in [6.45, 7) is 2.74. The van der Waals surface area contributed by atoms with E-state index in [1.54, 1.807) is 18.2 Å². The predicted octanol–water partition coefficient (Wildman–Crippen LogP) is 3.71. The second-order valence-corrected chi connectivity index (χ2v) is 6.02. The van der Waals surface area contributed by atoms with Crippen LogP contribution in [0.5, 0.6) is 0 Å². The molecule has 0 saturated heterocycles. The number of carbonyl (C=O) groups excluding carboxylic acids is 1. The molecule has 116 valence electrons. The Balaban J connectivity index is 1.56. The summed E-state index contributed by atoms with van der Waals surface area (Å²) in [5.41, 5.74) is 2.41. The van der Waals surface area contributed by atoms with Crippen LogP contribution in [0.25, 0.3) is 0 Å². The highest BCUT2D eigenvalue weighted by molar-refractivity contribution is 7.12. The SMILES string of the molecule is Cc1ccc(CNc2ccc(NC(=O)c3cccs3)nn2)cc1. The fraction of sp³-hybridized carbons (Fsp3) is 0.118. The summed E-state index contributed by atoms with van der Waals surface area (Å²) < 4.78 is 0. The summed E-state index contributed by atoms with van der Waals surface area (Å²) in [6.07, 6.45) is 0. The first-order valence-electron chi connectivity index (χ1n) is 7.19. The second-order valence-electron chi connectivity index (χ2n) is 5.07. The van der Waals surface area contributed by atoms with Gasteiger partial charge in [-0.05, 0) is 36.1 Å². The van der Waals surface area contributed by atoms with Crippen molar-refractivity contribution in [3.05, 3.63) is 69.9 Å². The van der Waals surface area contributed by atoms with Crippen LogP contribution in [0.1, 0.15) is 20.8 Å². The Kier molecular flexibility index (Phi) is 4.63. The Hall–Kier alpha value is -2.73. The lowest BCUT2D eigenvalue weighted by atomic mass is 10.1. The van der Waals surface area contributed by atoms with Crippen molar-refractivity contribution < 1.29 is 4.79 Å². The molecule has 0 radical (unpaired) electrons. The van der Waals surface area contributed by atoms with Gasteiger partial charge in [0.2, 0.25) is 0 Å². The van der Waals surface area contributed by atoms with Gasteiger partial charge in [-0.2, -0.15) is 0 Å². The van der Waals surface area contributed by atoms with Gasteiger partial charge < -0.3 is 10.6 Å². The van der Waals surface area contributed by atoms with Crippen molar-refractivity contribution in [1.82, 2.24) is 10.2 Å². The van der Waals surface area contributed by atoms with E-state index < -0.39 is 0 Å². The molecule has 0 aliphatic carbocycles. The van der Waals surface area contributed by atoms with Gasteiger partial charge in [0.05, 0.1) is 4.88 Å². The number of amides is 1. The number of aryl methyl sites for hydroxylation is 1. The average Bonchev–Trinajstić information content (AvgIpc) is 3.10. The van der Waals surface area contributed by atoms with Gasteiger partial charge in [-0.25, -0.2) is 0 Å². The van der Waals surface area contributed by atoms with E-state index in [1.807, 2.05) is 11.4 Å². The zero-order valence-electron chi connectivity index (χ0n) is 12.6. The number of hydrogen-bond acceptors (Lipinski definition) is 5. The van der Waals surface area contributed by atoms with E-state index in [4.69, 9.17) is 0 Å². The molecule has 23 heavy (non-hydrogen) atoms. The molecule has 0 aliphatic rings. The molecule has 0 unspecified atom stereocenters. The van der Waals surface area contributed by atoms with Crippen molar-refractivity contribution in [1.29, 1.82) is 0 Å². The number of aromatic nitrogens is 2. The fourth-order valence-corrected chi connectivity index (χ4v) is 2.60. The van der Waals surface area contributed by atoms with Gasteiger partial charge >= 0.3 is 0 Å². The standard InChI is InChI=1S/C17H16N4OS/c1-12-4-6-13(7-5-12)11-18-15-8-9-16(21-20-15)19-17(22)14-3-2-10-23-14/h2-10H,11H2,1H3,(H,18,20)(H,19,21,22). The number of rotatable bonds is 5.